The van der Waals surface area contributed by atoms with Crippen LogP contribution in [0, 0.1) is 0 Å². The van der Waals surface area contributed by atoms with Gasteiger partial charge in [0.25, 0.3) is 11.1 Å². The fraction of sp³-hybridized carbons (Fsp3) is 0.0667. The van der Waals surface area contributed by atoms with E-state index in [1.165, 1.54) is 0 Å². The lowest BCUT2D eigenvalue weighted by molar-refractivity contribution is -0.115. The normalized spacial score (nSPS) is 16.8. The van der Waals surface area contributed by atoms with E-state index in [9.17, 15) is 9.59 Å². The van der Waals surface area contributed by atoms with Gasteiger partial charge in [0.2, 0.25) is 0 Å². The molecule has 0 radical (unpaired) electrons. The van der Waals surface area contributed by atoms with Crippen LogP contribution in [0.4, 0.5) is 4.79 Å². The van der Waals surface area contributed by atoms with Gasteiger partial charge in [0.05, 0.1) is 12.0 Å². The molecule has 0 aliphatic carbocycles. The van der Waals surface area contributed by atoms with Crippen molar-refractivity contribution in [1.29, 1.82) is 0 Å². The highest BCUT2D eigenvalue weighted by Crippen LogP contribution is 2.33. The Labute approximate surface area is 119 Å². The van der Waals surface area contributed by atoms with Crippen LogP contribution in [0.1, 0.15) is 5.56 Å². The Kier molecular flexibility index (Phi) is 3.20. The minimum absolute atomic E-state index is 0.347. The molecule has 20 heavy (non-hydrogen) atoms. The van der Waals surface area contributed by atoms with Gasteiger partial charge in [0.1, 0.15) is 5.75 Å². The highest BCUT2D eigenvalue weighted by Gasteiger charge is 2.25. The van der Waals surface area contributed by atoms with Crippen molar-refractivity contribution in [3.05, 3.63) is 46.9 Å². The van der Waals surface area contributed by atoms with E-state index in [2.05, 4.69) is 5.32 Å². The van der Waals surface area contributed by atoms with Crippen molar-refractivity contribution in [2.75, 3.05) is 7.11 Å². The first-order valence-corrected chi connectivity index (χ1v) is 6.81. The Balaban J connectivity index is 2.21. The first-order valence-electron chi connectivity index (χ1n) is 5.99. The number of fused-ring (bicyclic) bond motifs is 1. The largest absolute Gasteiger partial charge is 0.496 e. The number of benzene rings is 2. The number of hydrogen-bond acceptors (Lipinski definition) is 4. The van der Waals surface area contributed by atoms with Crippen LogP contribution in [0.2, 0.25) is 0 Å². The van der Waals surface area contributed by atoms with Crippen LogP contribution in [-0.4, -0.2) is 18.3 Å². The number of ether oxygens (including phenoxy) is 1. The molecule has 2 amide bonds. The van der Waals surface area contributed by atoms with Crippen molar-refractivity contribution in [2.45, 2.75) is 0 Å². The second kappa shape index (κ2) is 5.02. The fourth-order valence-electron chi connectivity index (χ4n) is 2.15. The molecule has 1 aliphatic rings. The Hall–Kier alpha value is -2.27. The van der Waals surface area contributed by atoms with Crippen molar-refractivity contribution in [1.82, 2.24) is 5.32 Å². The molecule has 0 atom stereocenters. The van der Waals surface area contributed by atoms with E-state index in [-0.39, 0.29) is 11.1 Å². The molecule has 2 aromatic rings. The van der Waals surface area contributed by atoms with Crippen LogP contribution in [0.5, 0.6) is 5.75 Å². The third-order valence-electron chi connectivity index (χ3n) is 3.07. The van der Waals surface area contributed by atoms with Gasteiger partial charge in [-0.05, 0) is 34.7 Å². The molecule has 1 saturated heterocycles. The number of nitrogens with one attached hydrogen (secondary N) is 1. The average Bonchev–Trinajstić information content (AvgIpc) is 2.77. The van der Waals surface area contributed by atoms with Crippen molar-refractivity contribution < 1.29 is 14.3 Å². The Morgan fingerprint density at radius 2 is 1.95 bits per heavy atom. The van der Waals surface area contributed by atoms with E-state index in [0.717, 1.165) is 28.1 Å². The van der Waals surface area contributed by atoms with Gasteiger partial charge in [-0.2, -0.15) is 0 Å². The molecule has 1 heterocycles. The molecule has 100 valence electrons. The summed E-state index contributed by atoms with van der Waals surface area (Å²) in [4.78, 5) is 23.3. The third-order valence-corrected chi connectivity index (χ3v) is 3.88. The van der Waals surface area contributed by atoms with E-state index in [4.69, 9.17) is 4.74 Å². The molecule has 0 unspecified atom stereocenters. The summed E-state index contributed by atoms with van der Waals surface area (Å²) in [6, 6.07) is 11.6. The number of imide groups is 1. The zero-order valence-electron chi connectivity index (χ0n) is 10.7. The Bertz CT molecular complexity index is 752. The highest BCUT2D eigenvalue weighted by molar-refractivity contribution is 8.18. The zero-order valence-corrected chi connectivity index (χ0v) is 11.5. The van der Waals surface area contributed by atoms with Gasteiger partial charge in [-0.3, -0.25) is 14.9 Å². The van der Waals surface area contributed by atoms with Gasteiger partial charge in [-0.15, -0.1) is 0 Å². The van der Waals surface area contributed by atoms with Crippen molar-refractivity contribution >= 4 is 39.8 Å². The molecule has 3 rings (SSSR count). The summed E-state index contributed by atoms with van der Waals surface area (Å²) in [6.07, 6.45) is 1.70. The summed E-state index contributed by atoms with van der Waals surface area (Å²) < 4.78 is 5.36. The van der Waals surface area contributed by atoms with Crippen LogP contribution in [-0.2, 0) is 4.79 Å². The molecule has 2 aromatic carbocycles. The van der Waals surface area contributed by atoms with Gasteiger partial charge in [0, 0.05) is 5.56 Å². The minimum atomic E-state index is -0.366. The molecule has 4 nitrogen and oxygen atoms in total. The van der Waals surface area contributed by atoms with E-state index >= 15 is 0 Å². The molecule has 0 spiro atoms. The zero-order chi connectivity index (χ0) is 14.1. The van der Waals surface area contributed by atoms with Crippen molar-refractivity contribution in [2.24, 2.45) is 0 Å². The lowest BCUT2D eigenvalue weighted by Crippen LogP contribution is -2.17. The topological polar surface area (TPSA) is 55.4 Å². The van der Waals surface area contributed by atoms with E-state index in [1.54, 1.807) is 13.2 Å². The van der Waals surface area contributed by atoms with Crippen LogP contribution in [0.15, 0.2) is 41.3 Å². The van der Waals surface area contributed by atoms with Gasteiger partial charge >= 0.3 is 0 Å². The lowest BCUT2D eigenvalue weighted by Gasteiger charge is -2.09. The average molecular weight is 285 g/mol. The van der Waals surface area contributed by atoms with Crippen LogP contribution >= 0.6 is 11.8 Å². The molecule has 0 saturated carbocycles. The SMILES string of the molecule is COc1ccc2ccccc2c1/C=C1\SC(=O)NC1=O. The van der Waals surface area contributed by atoms with Crippen LogP contribution < -0.4 is 10.1 Å². The molecule has 1 N–H and O–H groups in total. The minimum Gasteiger partial charge on any atom is -0.496 e. The molecular formula is C15H11NO3S. The lowest BCUT2D eigenvalue weighted by atomic mass is 10.0. The van der Waals surface area contributed by atoms with E-state index < -0.39 is 0 Å². The molecule has 1 aliphatic heterocycles. The van der Waals surface area contributed by atoms with E-state index in [1.807, 2.05) is 36.4 Å². The number of rotatable bonds is 2. The van der Waals surface area contributed by atoms with Gasteiger partial charge < -0.3 is 4.74 Å². The first-order chi connectivity index (χ1) is 9.69. The standard InChI is InChI=1S/C15H11NO3S/c1-19-12-7-6-9-4-2-3-5-10(9)11(12)8-13-14(17)16-15(18)20-13/h2-8H,1H3,(H,16,17,18)/b13-8-. The highest BCUT2D eigenvalue weighted by atomic mass is 32.2. The predicted molar refractivity (Wildman–Crippen MR) is 79.6 cm³/mol. The maximum atomic E-state index is 11.7. The van der Waals surface area contributed by atoms with Crippen molar-refractivity contribution in [3.63, 3.8) is 0 Å². The monoisotopic (exact) mass is 285 g/mol. The maximum Gasteiger partial charge on any atom is 0.290 e. The summed E-state index contributed by atoms with van der Waals surface area (Å²) in [5, 5.41) is 3.93. The first kappa shape index (κ1) is 12.7. The summed E-state index contributed by atoms with van der Waals surface area (Å²) in [7, 11) is 1.58. The van der Waals surface area contributed by atoms with Gasteiger partial charge in [-0.1, -0.05) is 30.3 Å². The molecule has 5 heteroatoms. The number of carbonyl (C=O) groups is 2. The number of thioether (sulfide) groups is 1. The molecule has 1 fully saturated rings. The second-order valence-corrected chi connectivity index (χ2v) is 5.27. The molecule has 0 bridgehead atoms. The number of amides is 2. The number of carbonyl (C=O) groups excluding carboxylic acids is 2. The quantitative estimate of drug-likeness (QED) is 0.861. The number of methoxy groups -OCH3 is 1. The van der Waals surface area contributed by atoms with Crippen molar-refractivity contribution in [3.8, 4) is 5.75 Å². The maximum absolute atomic E-state index is 11.7. The molecule has 0 aromatic heterocycles. The molecular weight excluding hydrogens is 274 g/mol. The summed E-state index contributed by atoms with van der Waals surface area (Å²) in [6.45, 7) is 0. The number of hydrogen-bond donors (Lipinski definition) is 1. The Morgan fingerprint density at radius 1 is 1.15 bits per heavy atom. The van der Waals surface area contributed by atoms with Crippen LogP contribution in [0.25, 0.3) is 16.8 Å². The van der Waals surface area contributed by atoms with Crippen LogP contribution in [0.3, 0.4) is 0 Å². The Morgan fingerprint density at radius 3 is 2.65 bits per heavy atom. The van der Waals surface area contributed by atoms with Gasteiger partial charge in [0.15, 0.2) is 0 Å². The third kappa shape index (κ3) is 2.16. The summed E-state index contributed by atoms with van der Waals surface area (Å²) >= 11 is 0.902. The predicted octanol–water partition coefficient (Wildman–Crippen LogP) is 3.17. The fourth-order valence-corrected chi connectivity index (χ4v) is 2.82. The summed E-state index contributed by atoms with van der Waals surface area (Å²) in [5.74, 6) is 0.305. The smallest absolute Gasteiger partial charge is 0.290 e. The second-order valence-electron chi connectivity index (χ2n) is 4.25. The summed E-state index contributed by atoms with van der Waals surface area (Å²) in [5.41, 5.74) is 0.804. The van der Waals surface area contributed by atoms with Gasteiger partial charge in [-0.25, -0.2) is 0 Å². The van der Waals surface area contributed by atoms with E-state index in [0.29, 0.717) is 10.7 Å².